The number of hydrogen-bond acceptors (Lipinski definition) is 4. The van der Waals surface area contributed by atoms with Gasteiger partial charge in [-0.1, -0.05) is 24.3 Å². The highest BCUT2D eigenvalue weighted by atomic mass is 16.5. The molecule has 1 aliphatic rings. The predicted octanol–water partition coefficient (Wildman–Crippen LogP) is 3.77. The van der Waals surface area contributed by atoms with Gasteiger partial charge in [0.1, 0.15) is 11.5 Å². The molecular weight excluding hydrogens is 380 g/mol. The summed E-state index contributed by atoms with van der Waals surface area (Å²) in [5.74, 6) is 1.47. The molecule has 0 aliphatic carbocycles. The third-order valence-corrected chi connectivity index (χ3v) is 5.30. The van der Waals surface area contributed by atoms with E-state index in [9.17, 15) is 9.59 Å². The molecule has 2 amide bonds. The van der Waals surface area contributed by atoms with E-state index in [4.69, 9.17) is 9.47 Å². The topological polar surface area (TPSA) is 67.9 Å². The minimum atomic E-state index is -0.122. The van der Waals surface area contributed by atoms with Crippen LogP contribution in [0.3, 0.4) is 0 Å². The lowest BCUT2D eigenvalue weighted by Gasteiger charge is -2.32. The fraction of sp³-hybridized carbons (Fsp3) is 0.417. The van der Waals surface area contributed by atoms with E-state index < -0.39 is 0 Å². The highest BCUT2D eigenvalue weighted by Crippen LogP contribution is 2.24. The van der Waals surface area contributed by atoms with E-state index in [1.807, 2.05) is 61.2 Å². The first-order valence-electron chi connectivity index (χ1n) is 10.6. The normalized spacial score (nSPS) is 14.3. The molecule has 3 rings (SSSR count). The highest BCUT2D eigenvalue weighted by Gasteiger charge is 2.26. The van der Waals surface area contributed by atoms with Crippen molar-refractivity contribution in [1.82, 2.24) is 10.2 Å². The van der Waals surface area contributed by atoms with Gasteiger partial charge in [0.2, 0.25) is 0 Å². The number of hydrogen-bond donors (Lipinski definition) is 1. The van der Waals surface area contributed by atoms with E-state index in [-0.39, 0.29) is 11.8 Å². The van der Waals surface area contributed by atoms with Gasteiger partial charge < -0.3 is 19.7 Å². The largest absolute Gasteiger partial charge is 0.493 e. The molecule has 0 radical (unpaired) electrons. The van der Waals surface area contributed by atoms with Crippen molar-refractivity contribution in [1.29, 1.82) is 0 Å². The summed E-state index contributed by atoms with van der Waals surface area (Å²) in [6.07, 6.45) is 1.71. The second kappa shape index (κ2) is 10.7. The molecule has 0 aromatic heterocycles. The van der Waals surface area contributed by atoms with Crippen molar-refractivity contribution in [2.75, 3.05) is 32.8 Å². The molecule has 1 saturated heterocycles. The molecule has 0 atom stereocenters. The zero-order valence-electron chi connectivity index (χ0n) is 17.7. The minimum absolute atomic E-state index is 0.00665. The van der Waals surface area contributed by atoms with Crippen LogP contribution < -0.4 is 14.8 Å². The molecule has 160 valence electrons. The molecule has 1 aliphatic heterocycles. The molecule has 1 N–H and O–H groups in total. The van der Waals surface area contributed by atoms with Crippen LogP contribution in [0.4, 0.5) is 0 Å². The minimum Gasteiger partial charge on any atom is -0.493 e. The van der Waals surface area contributed by atoms with Crippen LogP contribution in [0, 0.1) is 5.92 Å². The van der Waals surface area contributed by atoms with Crippen molar-refractivity contribution >= 4 is 11.8 Å². The van der Waals surface area contributed by atoms with E-state index in [2.05, 4.69) is 5.32 Å². The number of rotatable bonds is 8. The number of nitrogens with one attached hydrogen (secondary N) is 1. The average Bonchev–Trinajstić information content (AvgIpc) is 2.78. The summed E-state index contributed by atoms with van der Waals surface area (Å²) >= 11 is 0. The molecular formula is C24H30N2O4. The van der Waals surface area contributed by atoms with Gasteiger partial charge in [-0.15, -0.1) is 0 Å². The van der Waals surface area contributed by atoms with E-state index in [0.717, 1.165) is 12.8 Å². The van der Waals surface area contributed by atoms with Crippen molar-refractivity contribution in [3.05, 3.63) is 59.7 Å². The lowest BCUT2D eigenvalue weighted by molar-refractivity contribution is 0.0680. The molecule has 6 nitrogen and oxygen atoms in total. The number of likely N-dealkylation sites (tertiary alicyclic amines) is 1. The SMILES string of the molecule is CCOc1ccccc1C(=O)NCC1CCN(C(=O)c2ccccc2OCC)CC1. The number of nitrogens with zero attached hydrogens (tertiary/aromatic N) is 1. The maximum Gasteiger partial charge on any atom is 0.257 e. The Morgan fingerprint density at radius 2 is 1.43 bits per heavy atom. The Labute approximate surface area is 178 Å². The first-order valence-corrected chi connectivity index (χ1v) is 10.6. The summed E-state index contributed by atoms with van der Waals surface area (Å²) < 4.78 is 11.1. The Kier molecular flexibility index (Phi) is 7.71. The summed E-state index contributed by atoms with van der Waals surface area (Å²) in [5, 5.41) is 3.03. The quantitative estimate of drug-likeness (QED) is 0.719. The van der Waals surface area contributed by atoms with E-state index in [1.54, 1.807) is 6.07 Å². The van der Waals surface area contributed by atoms with Crippen LogP contribution in [-0.2, 0) is 0 Å². The van der Waals surface area contributed by atoms with Crippen molar-refractivity contribution in [2.45, 2.75) is 26.7 Å². The highest BCUT2D eigenvalue weighted by molar-refractivity contribution is 5.97. The number of amides is 2. The molecule has 6 heteroatoms. The average molecular weight is 411 g/mol. The molecule has 1 heterocycles. The molecule has 0 bridgehead atoms. The Morgan fingerprint density at radius 1 is 0.900 bits per heavy atom. The number of para-hydroxylation sites is 2. The smallest absolute Gasteiger partial charge is 0.257 e. The van der Waals surface area contributed by atoms with Crippen LogP contribution in [0.15, 0.2) is 48.5 Å². The fourth-order valence-corrected chi connectivity index (χ4v) is 3.70. The van der Waals surface area contributed by atoms with Crippen LogP contribution >= 0.6 is 0 Å². The van der Waals surface area contributed by atoms with Gasteiger partial charge in [-0.2, -0.15) is 0 Å². The van der Waals surface area contributed by atoms with Gasteiger partial charge in [-0.3, -0.25) is 9.59 Å². The Balaban J connectivity index is 1.52. The van der Waals surface area contributed by atoms with Crippen molar-refractivity contribution in [3.63, 3.8) is 0 Å². The first-order chi connectivity index (χ1) is 14.6. The Hall–Kier alpha value is -3.02. The van der Waals surface area contributed by atoms with Crippen LogP contribution in [0.2, 0.25) is 0 Å². The van der Waals surface area contributed by atoms with Gasteiger partial charge in [0.05, 0.1) is 24.3 Å². The molecule has 30 heavy (non-hydrogen) atoms. The lowest BCUT2D eigenvalue weighted by atomic mass is 9.96. The van der Waals surface area contributed by atoms with E-state index in [0.29, 0.717) is 61.4 Å². The lowest BCUT2D eigenvalue weighted by Crippen LogP contribution is -2.41. The van der Waals surface area contributed by atoms with E-state index >= 15 is 0 Å². The maximum atomic E-state index is 12.9. The maximum absolute atomic E-state index is 12.9. The third-order valence-electron chi connectivity index (χ3n) is 5.30. The Bertz CT molecular complexity index is 860. The molecule has 2 aromatic carbocycles. The van der Waals surface area contributed by atoms with E-state index in [1.165, 1.54) is 0 Å². The van der Waals surface area contributed by atoms with Crippen LogP contribution in [0.25, 0.3) is 0 Å². The molecule has 0 saturated carbocycles. The summed E-state index contributed by atoms with van der Waals surface area (Å²) in [5.41, 5.74) is 1.16. The summed E-state index contributed by atoms with van der Waals surface area (Å²) in [7, 11) is 0. The van der Waals surface area contributed by atoms with Gasteiger partial charge in [0.25, 0.3) is 11.8 Å². The molecule has 2 aromatic rings. The molecule has 0 unspecified atom stereocenters. The number of benzene rings is 2. The summed E-state index contributed by atoms with van der Waals surface area (Å²) in [6, 6.07) is 14.7. The zero-order chi connectivity index (χ0) is 21.3. The zero-order valence-corrected chi connectivity index (χ0v) is 17.7. The van der Waals surface area contributed by atoms with Crippen LogP contribution in [-0.4, -0.2) is 49.6 Å². The number of carbonyl (C=O) groups is 2. The third kappa shape index (κ3) is 5.32. The van der Waals surface area contributed by atoms with Crippen molar-refractivity contribution in [2.24, 2.45) is 5.92 Å². The number of carbonyl (C=O) groups excluding carboxylic acids is 2. The standard InChI is InChI=1S/C24H30N2O4/c1-3-29-21-11-7-5-9-19(21)23(27)25-17-18-13-15-26(16-14-18)24(28)20-10-6-8-12-22(20)30-4-2/h5-12,18H,3-4,13-17H2,1-2H3,(H,25,27). The number of piperidine rings is 1. The van der Waals surface area contributed by atoms with Crippen molar-refractivity contribution in [3.8, 4) is 11.5 Å². The first kappa shape index (κ1) is 21.7. The second-order valence-electron chi connectivity index (χ2n) is 7.30. The Morgan fingerprint density at radius 3 is 2.03 bits per heavy atom. The van der Waals surface area contributed by atoms with Gasteiger partial charge in [0, 0.05) is 19.6 Å². The monoisotopic (exact) mass is 410 g/mol. The van der Waals surface area contributed by atoms with Crippen LogP contribution in [0.5, 0.6) is 11.5 Å². The van der Waals surface area contributed by atoms with Gasteiger partial charge in [-0.25, -0.2) is 0 Å². The van der Waals surface area contributed by atoms with Crippen LogP contribution in [0.1, 0.15) is 47.4 Å². The van der Waals surface area contributed by atoms with Gasteiger partial charge >= 0.3 is 0 Å². The van der Waals surface area contributed by atoms with Gasteiger partial charge in [-0.05, 0) is 56.9 Å². The summed E-state index contributed by atoms with van der Waals surface area (Å²) in [6.45, 7) is 6.80. The molecule has 1 fully saturated rings. The summed E-state index contributed by atoms with van der Waals surface area (Å²) in [4.78, 5) is 27.4. The molecule has 0 spiro atoms. The fourth-order valence-electron chi connectivity index (χ4n) is 3.70. The predicted molar refractivity (Wildman–Crippen MR) is 116 cm³/mol. The van der Waals surface area contributed by atoms with Crippen molar-refractivity contribution < 1.29 is 19.1 Å². The van der Waals surface area contributed by atoms with Gasteiger partial charge in [0.15, 0.2) is 0 Å². The number of ether oxygens (including phenoxy) is 2. The second-order valence-corrected chi connectivity index (χ2v) is 7.30.